The van der Waals surface area contributed by atoms with Crippen LogP contribution in [-0.4, -0.2) is 24.4 Å². The normalized spacial score (nSPS) is 19.1. The Morgan fingerprint density at radius 1 is 1.05 bits per heavy atom. The monoisotopic (exact) mass is 544 g/mol. The Kier molecular flexibility index (Phi) is 6.18. The van der Waals surface area contributed by atoms with Gasteiger partial charge in [0.2, 0.25) is 10.0 Å². The molecule has 37 heavy (non-hydrogen) atoms. The number of nitrogens with zero attached hydrogens (tertiary/aromatic N) is 1. The summed E-state index contributed by atoms with van der Waals surface area (Å²) in [5.74, 6) is 0. The number of alkyl halides is 6. The van der Waals surface area contributed by atoms with Gasteiger partial charge in [-0.15, -0.1) is 0 Å². The highest BCUT2D eigenvalue weighted by Crippen LogP contribution is 2.48. The van der Waals surface area contributed by atoms with Crippen molar-refractivity contribution in [3.8, 4) is 11.1 Å². The molecule has 2 aromatic carbocycles. The maximum absolute atomic E-state index is 14.3. The van der Waals surface area contributed by atoms with E-state index in [9.17, 15) is 34.8 Å². The van der Waals surface area contributed by atoms with Crippen molar-refractivity contribution in [3.63, 3.8) is 0 Å². The van der Waals surface area contributed by atoms with Crippen LogP contribution in [0.1, 0.15) is 56.2 Å². The second-order valence-electron chi connectivity index (χ2n) is 10.5. The van der Waals surface area contributed by atoms with Gasteiger partial charge in [-0.05, 0) is 54.4 Å². The van der Waals surface area contributed by atoms with Crippen molar-refractivity contribution in [2.45, 2.75) is 69.2 Å². The second kappa shape index (κ2) is 8.76. The summed E-state index contributed by atoms with van der Waals surface area (Å²) >= 11 is 0. The fourth-order valence-electron chi connectivity index (χ4n) is 4.86. The van der Waals surface area contributed by atoms with Crippen LogP contribution < -0.4 is 4.72 Å². The molecule has 0 amide bonds. The minimum Gasteiger partial charge on any atom is -0.347 e. The first kappa shape index (κ1) is 26.1. The highest BCUT2D eigenvalue weighted by Gasteiger charge is 2.47. The van der Waals surface area contributed by atoms with E-state index in [2.05, 4.69) is 0 Å². The lowest BCUT2D eigenvalue weighted by Crippen LogP contribution is -2.44. The number of aromatic nitrogens is 1. The first-order valence-electron chi connectivity index (χ1n) is 12.1. The maximum atomic E-state index is 14.3. The number of nitrogens with one attached hydrogen (secondary N) is 1. The van der Waals surface area contributed by atoms with E-state index in [-0.39, 0.29) is 27.5 Å². The molecule has 3 aromatic rings. The fraction of sp³-hybridized carbons (Fsp3) is 0.462. The Hall–Kier alpha value is -2.53. The van der Waals surface area contributed by atoms with E-state index < -0.39 is 39.2 Å². The van der Waals surface area contributed by atoms with Crippen LogP contribution in [0.4, 0.5) is 26.3 Å². The minimum absolute atomic E-state index is 0.0816. The Balaban J connectivity index is 1.65. The van der Waals surface area contributed by atoms with Gasteiger partial charge in [0.1, 0.15) is 6.04 Å². The van der Waals surface area contributed by atoms with Crippen molar-refractivity contribution < 1.29 is 34.8 Å². The lowest BCUT2D eigenvalue weighted by Gasteiger charge is -2.29. The van der Waals surface area contributed by atoms with Gasteiger partial charge in [-0.25, -0.2) is 8.42 Å². The Morgan fingerprint density at radius 2 is 1.73 bits per heavy atom. The van der Waals surface area contributed by atoms with Crippen LogP contribution >= 0.6 is 0 Å². The molecule has 1 aromatic heterocycles. The number of hydrogen-bond donors (Lipinski definition) is 1. The zero-order chi connectivity index (χ0) is 26.8. The molecule has 2 saturated carbocycles. The predicted molar refractivity (Wildman–Crippen MR) is 128 cm³/mol. The molecular weight excluding hydrogens is 518 g/mol. The van der Waals surface area contributed by atoms with Gasteiger partial charge in [-0.2, -0.15) is 31.1 Å². The standard InChI is InChI=1S/C26H26F6N2O2S/c1-24(11-12-24)15-34-14-20(23(26(30,31)32)33-37(35,36)17-5-4-6-17)19-10-9-16(13-22(19)34)18-7-2-3-8-21(18)25(27,28)29/h2-3,7-10,13-14,17,23,33H,4-6,11-12,15H2,1H3. The van der Waals surface area contributed by atoms with Crippen molar-refractivity contribution in [2.24, 2.45) is 5.41 Å². The summed E-state index contributed by atoms with van der Waals surface area (Å²) in [4.78, 5) is 0. The molecule has 1 unspecified atom stereocenters. The van der Waals surface area contributed by atoms with Crippen molar-refractivity contribution in [2.75, 3.05) is 0 Å². The van der Waals surface area contributed by atoms with Gasteiger partial charge in [0.15, 0.2) is 0 Å². The first-order chi connectivity index (χ1) is 17.2. The lowest BCUT2D eigenvalue weighted by molar-refractivity contribution is -0.152. The van der Waals surface area contributed by atoms with Gasteiger partial charge in [0, 0.05) is 29.2 Å². The second-order valence-corrected chi connectivity index (χ2v) is 12.5. The Labute approximate surface area is 210 Å². The predicted octanol–water partition coefficient (Wildman–Crippen LogP) is 7.20. The third-order valence-corrected chi connectivity index (χ3v) is 9.44. The van der Waals surface area contributed by atoms with E-state index in [1.165, 1.54) is 42.6 Å². The molecule has 1 atom stereocenters. The SMILES string of the molecule is CC1(Cn2cc(C(NS(=O)(=O)C3CCC3)C(F)(F)F)c3ccc(-c4ccccc4C(F)(F)F)cc32)CC1. The zero-order valence-electron chi connectivity index (χ0n) is 20.0. The molecule has 1 N–H and O–H groups in total. The molecule has 0 aliphatic heterocycles. The molecule has 2 aliphatic rings. The lowest BCUT2D eigenvalue weighted by atomic mass is 9.97. The summed E-state index contributed by atoms with van der Waals surface area (Å²) in [7, 11) is -4.21. The molecule has 5 rings (SSSR count). The number of benzene rings is 2. The third kappa shape index (κ3) is 5.12. The van der Waals surface area contributed by atoms with Crippen LogP contribution in [0.25, 0.3) is 22.0 Å². The third-order valence-electron chi connectivity index (χ3n) is 7.52. The van der Waals surface area contributed by atoms with Gasteiger partial charge >= 0.3 is 12.4 Å². The van der Waals surface area contributed by atoms with Crippen LogP contribution in [0.2, 0.25) is 0 Å². The van der Waals surface area contributed by atoms with Crippen molar-refractivity contribution in [3.05, 3.63) is 59.8 Å². The molecule has 2 fully saturated rings. The molecule has 11 heteroatoms. The number of fused-ring (bicyclic) bond motifs is 1. The summed E-state index contributed by atoms with van der Waals surface area (Å²) in [6.45, 7) is 2.36. The maximum Gasteiger partial charge on any atom is 0.417 e. The summed E-state index contributed by atoms with van der Waals surface area (Å²) in [5.41, 5.74) is -0.779. The van der Waals surface area contributed by atoms with E-state index in [0.717, 1.165) is 18.9 Å². The van der Waals surface area contributed by atoms with Crippen molar-refractivity contribution >= 4 is 20.9 Å². The van der Waals surface area contributed by atoms with Crippen molar-refractivity contribution in [1.29, 1.82) is 0 Å². The van der Waals surface area contributed by atoms with Crippen molar-refractivity contribution in [1.82, 2.24) is 9.29 Å². The topological polar surface area (TPSA) is 51.1 Å². The molecule has 200 valence electrons. The number of hydrogen-bond acceptors (Lipinski definition) is 2. The van der Waals surface area contributed by atoms with E-state index in [1.54, 1.807) is 4.57 Å². The summed E-state index contributed by atoms with van der Waals surface area (Å²) in [5, 5.41) is -0.710. The van der Waals surface area contributed by atoms with Gasteiger partial charge in [-0.1, -0.05) is 43.7 Å². The van der Waals surface area contributed by atoms with Gasteiger partial charge in [0.25, 0.3) is 0 Å². The molecule has 0 radical (unpaired) electrons. The summed E-state index contributed by atoms with van der Waals surface area (Å²) in [6.07, 6.45) is -5.23. The van der Waals surface area contributed by atoms with Crippen LogP contribution in [0.3, 0.4) is 0 Å². The van der Waals surface area contributed by atoms with E-state index in [4.69, 9.17) is 0 Å². The summed E-state index contributed by atoms with van der Waals surface area (Å²) in [6, 6.07) is 6.74. The highest BCUT2D eigenvalue weighted by molar-refractivity contribution is 7.90. The summed E-state index contributed by atoms with van der Waals surface area (Å²) < 4.78 is 113. The number of halogens is 6. The van der Waals surface area contributed by atoms with Crippen LogP contribution in [0.5, 0.6) is 0 Å². The molecule has 2 aliphatic carbocycles. The van der Waals surface area contributed by atoms with Gasteiger partial charge in [0.05, 0.1) is 10.8 Å². The average molecular weight is 545 g/mol. The van der Waals surface area contributed by atoms with E-state index in [1.807, 2.05) is 11.6 Å². The quantitative estimate of drug-likeness (QED) is 0.320. The Bertz CT molecular complexity index is 1430. The Morgan fingerprint density at radius 3 is 2.30 bits per heavy atom. The van der Waals surface area contributed by atoms with Crippen LogP contribution in [0, 0.1) is 5.41 Å². The zero-order valence-corrected chi connectivity index (χ0v) is 20.8. The molecule has 0 spiro atoms. The van der Waals surface area contributed by atoms with Crippen LogP contribution in [0.15, 0.2) is 48.7 Å². The van der Waals surface area contributed by atoms with Crippen LogP contribution in [-0.2, 0) is 22.7 Å². The molecule has 4 nitrogen and oxygen atoms in total. The molecule has 0 saturated heterocycles. The fourth-order valence-corrected chi connectivity index (χ4v) is 6.60. The molecule has 1 heterocycles. The molecular formula is C26H26F6N2O2S. The van der Waals surface area contributed by atoms with Gasteiger partial charge < -0.3 is 4.57 Å². The van der Waals surface area contributed by atoms with Gasteiger partial charge in [-0.3, -0.25) is 0 Å². The molecule has 0 bridgehead atoms. The highest BCUT2D eigenvalue weighted by atomic mass is 32.2. The average Bonchev–Trinajstić information content (AvgIpc) is 3.38. The number of rotatable bonds is 7. The van der Waals surface area contributed by atoms with E-state index >= 15 is 0 Å². The number of sulfonamides is 1. The largest absolute Gasteiger partial charge is 0.417 e. The smallest absolute Gasteiger partial charge is 0.347 e. The van der Waals surface area contributed by atoms with E-state index in [0.29, 0.717) is 31.3 Å². The minimum atomic E-state index is -4.92. The first-order valence-corrected chi connectivity index (χ1v) is 13.6.